The smallest absolute Gasteiger partial charge is 0.234 e. The molecule has 0 N–H and O–H groups in total. The molecule has 4 heterocycles. The van der Waals surface area contributed by atoms with Crippen LogP contribution in [0, 0.1) is 11.3 Å². The van der Waals surface area contributed by atoms with E-state index in [-0.39, 0.29) is 5.82 Å². The highest BCUT2D eigenvalue weighted by atomic mass is 15.1. The van der Waals surface area contributed by atoms with Crippen LogP contribution in [0.5, 0.6) is 0 Å². The summed E-state index contributed by atoms with van der Waals surface area (Å²) in [5.74, 6) is 0.876. The summed E-state index contributed by atoms with van der Waals surface area (Å²) in [6, 6.07) is 42.9. The van der Waals surface area contributed by atoms with Crippen LogP contribution in [-0.2, 0) is 0 Å². The number of hydrogen-bond acceptors (Lipinski definition) is 3. The van der Waals surface area contributed by atoms with Crippen molar-refractivity contribution in [2.75, 3.05) is 0 Å². The maximum atomic E-state index is 9.96. The molecule has 6 aromatic carbocycles. The number of fused-ring (bicyclic) bond motifs is 13. The van der Waals surface area contributed by atoms with E-state index in [1.807, 2.05) is 24.3 Å². The lowest BCUT2D eigenvalue weighted by Crippen LogP contribution is -2.03. The summed E-state index contributed by atoms with van der Waals surface area (Å²) in [5.41, 5.74) is 6.49. The number of para-hydroxylation sites is 3. The Morgan fingerprint density at radius 3 is 2.05 bits per heavy atom. The minimum absolute atomic E-state index is 0.159. The Labute approximate surface area is 238 Å². The maximum Gasteiger partial charge on any atom is 0.234 e. The fraction of sp³-hybridized carbons (Fsp3) is 0. The van der Waals surface area contributed by atoms with Gasteiger partial charge in [0.2, 0.25) is 5.82 Å². The minimum Gasteiger partial charge on any atom is -0.308 e. The van der Waals surface area contributed by atoms with Gasteiger partial charge in [-0.2, -0.15) is 5.26 Å². The maximum absolute atomic E-state index is 9.96. The SMILES string of the molecule is N#Cc1nc(-n2c3ccc4ccccc4c3c3cc4c5ccccc5n5c6ccccc6c(c32)c45)c2ccccc2n1. The van der Waals surface area contributed by atoms with Crippen LogP contribution in [0.25, 0.3) is 87.4 Å². The average molecular weight is 534 g/mol. The van der Waals surface area contributed by atoms with E-state index in [9.17, 15) is 5.26 Å². The van der Waals surface area contributed by atoms with Gasteiger partial charge in [0.05, 0.1) is 33.1 Å². The van der Waals surface area contributed by atoms with Crippen molar-refractivity contribution in [2.45, 2.75) is 0 Å². The van der Waals surface area contributed by atoms with Crippen molar-refractivity contribution in [3.63, 3.8) is 0 Å². The van der Waals surface area contributed by atoms with Crippen LogP contribution in [0.15, 0.2) is 115 Å². The molecule has 5 heteroatoms. The predicted octanol–water partition coefficient (Wildman–Crippen LogP) is 8.90. The number of nitrogens with zero attached hydrogens (tertiary/aromatic N) is 5. The van der Waals surface area contributed by atoms with Crippen LogP contribution in [-0.4, -0.2) is 18.9 Å². The van der Waals surface area contributed by atoms with Gasteiger partial charge in [-0.25, -0.2) is 9.97 Å². The first-order valence-electron chi connectivity index (χ1n) is 14.0. The zero-order valence-electron chi connectivity index (χ0n) is 22.2. The third-order valence-electron chi connectivity index (χ3n) is 8.88. The summed E-state index contributed by atoms with van der Waals surface area (Å²) >= 11 is 0. The molecule has 4 aromatic heterocycles. The molecule has 0 atom stereocenters. The van der Waals surface area contributed by atoms with Crippen LogP contribution in [0.1, 0.15) is 5.82 Å². The predicted molar refractivity (Wildman–Crippen MR) is 171 cm³/mol. The Morgan fingerprint density at radius 1 is 0.524 bits per heavy atom. The van der Waals surface area contributed by atoms with Crippen molar-refractivity contribution < 1.29 is 0 Å². The van der Waals surface area contributed by atoms with Crippen molar-refractivity contribution in [1.29, 1.82) is 5.26 Å². The van der Waals surface area contributed by atoms with Gasteiger partial charge in [-0.1, -0.05) is 78.9 Å². The molecule has 5 nitrogen and oxygen atoms in total. The molecule has 192 valence electrons. The molecule has 0 bridgehead atoms. The van der Waals surface area contributed by atoms with Crippen LogP contribution in [0.2, 0.25) is 0 Å². The largest absolute Gasteiger partial charge is 0.308 e. The molecule has 0 aliphatic heterocycles. The molecule has 10 aromatic rings. The van der Waals surface area contributed by atoms with Crippen LogP contribution in [0.3, 0.4) is 0 Å². The standard InChI is InChI=1S/C37H19N5/c38-20-32-39-28-14-6-3-12-24(28)37(40-32)42-31-18-17-21-9-1-2-10-22(21)33(31)27-19-26-23-11-4-7-15-29(23)41-30-16-8-5-13-25(30)34(35(26)41)36(27)42/h1-19H. The zero-order chi connectivity index (χ0) is 27.5. The molecule has 0 saturated heterocycles. The molecule has 0 amide bonds. The quantitative estimate of drug-likeness (QED) is 0.212. The molecule has 0 spiro atoms. The van der Waals surface area contributed by atoms with Gasteiger partial charge in [0.15, 0.2) is 0 Å². The van der Waals surface area contributed by atoms with E-state index in [1.54, 1.807) is 0 Å². The monoisotopic (exact) mass is 533 g/mol. The highest BCUT2D eigenvalue weighted by Gasteiger charge is 2.26. The molecule has 0 aliphatic carbocycles. The van der Waals surface area contributed by atoms with Crippen LogP contribution >= 0.6 is 0 Å². The summed E-state index contributed by atoms with van der Waals surface area (Å²) < 4.78 is 4.69. The van der Waals surface area contributed by atoms with Gasteiger partial charge in [0.1, 0.15) is 11.9 Å². The number of rotatable bonds is 1. The molecule has 0 saturated carbocycles. The van der Waals surface area contributed by atoms with Crippen molar-refractivity contribution in [3.05, 3.63) is 121 Å². The highest BCUT2D eigenvalue weighted by molar-refractivity contribution is 6.36. The van der Waals surface area contributed by atoms with E-state index < -0.39 is 0 Å². The van der Waals surface area contributed by atoms with Crippen molar-refractivity contribution in [2.24, 2.45) is 0 Å². The minimum atomic E-state index is 0.159. The second-order valence-electron chi connectivity index (χ2n) is 10.9. The normalized spacial score (nSPS) is 12.3. The Bertz CT molecular complexity index is 2810. The van der Waals surface area contributed by atoms with Gasteiger partial charge < -0.3 is 4.40 Å². The lowest BCUT2D eigenvalue weighted by atomic mass is 10.0. The van der Waals surface area contributed by atoms with Crippen LogP contribution < -0.4 is 0 Å². The van der Waals surface area contributed by atoms with Gasteiger partial charge in [-0.15, -0.1) is 0 Å². The molecular formula is C37H19N5. The van der Waals surface area contributed by atoms with E-state index >= 15 is 0 Å². The third-order valence-corrected chi connectivity index (χ3v) is 8.88. The van der Waals surface area contributed by atoms with E-state index in [1.165, 1.54) is 59.6 Å². The van der Waals surface area contributed by atoms with Gasteiger partial charge in [0, 0.05) is 37.7 Å². The molecule has 0 radical (unpaired) electrons. The summed E-state index contributed by atoms with van der Waals surface area (Å²) in [6.45, 7) is 0. The number of hydrogen-bond donors (Lipinski definition) is 0. The summed E-state index contributed by atoms with van der Waals surface area (Å²) in [4.78, 5) is 9.45. The first-order chi connectivity index (χ1) is 20.8. The Balaban J connectivity index is 1.59. The molecular weight excluding hydrogens is 514 g/mol. The van der Waals surface area contributed by atoms with E-state index in [0.717, 1.165) is 27.8 Å². The zero-order valence-corrected chi connectivity index (χ0v) is 22.2. The molecule has 0 fully saturated rings. The summed E-state index contributed by atoms with van der Waals surface area (Å²) in [5, 5.41) is 20.5. The second-order valence-corrected chi connectivity index (χ2v) is 10.9. The van der Waals surface area contributed by atoms with Crippen molar-refractivity contribution >= 4 is 81.6 Å². The van der Waals surface area contributed by atoms with Gasteiger partial charge in [0.25, 0.3) is 0 Å². The Hall–Kier alpha value is -5.99. The van der Waals surface area contributed by atoms with Crippen LogP contribution in [0.4, 0.5) is 0 Å². The first-order valence-corrected chi connectivity index (χ1v) is 14.0. The van der Waals surface area contributed by atoms with Crippen molar-refractivity contribution in [1.82, 2.24) is 18.9 Å². The average Bonchev–Trinajstić information content (AvgIpc) is 3.68. The number of aromatic nitrogens is 4. The van der Waals surface area contributed by atoms with E-state index in [4.69, 9.17) is 4.98 Å². The van der Waals surface area contributed by atoms with Gasteiger partial charge in [-0.3, -0.25) is 4.57 Å². The number of benzene rings is 6. The topological polar surface area (TPSA) is 58.9 Å². The molecule has 42 heavy (non-hydrogen) atoms. The summed E-state index contributed by atoms with van der Waals surface area (Å²) in [6.07, 6.45) is 0. The lowest BCUT2D eigenvalue weighted by molar-refractivity contribution is 1.05. The first kappa shape index (κ1) is 21.8. The van der Waals surface area contributed by atoms with E-state index in [2.05, 4.69) is 111 Å². The van der Waals surface area contributed by atoms with Gasteiger partial charge >= 0.3 is 0 Å². The Kier molecular flexibility index (Phi) is 3.94. The Morgan fingerprint density at radius 2 is 1.21 bits per heavy atom. The van der Waals surface area contributed by atoms with E-state index in [0.29, 0.717) is 0 Å². The summed E-state index contributed by atoms with van der Waals surface area (Å²) in [7, 11) is 0. The fourth-order valence-corrected chi connectivity index (χ4v) is 7.28. The van der Waals surface area contributed by atoms with Crippen molar-refractivity contribution in [3.8, 4) is 11.9 Å². The lowest BCUT2D eigenvalue weighted by Gasteiger charge is -2.11. The fourth-order valence-electron chi connectivity index (χ4n) is 7.28. The second kappa shape index (κ2) is 7.60. The third kappa shape index (κ3) is 2.53. The molecule has 0 aliphatic rings. The molecule has 0 unspecified atom stereocenters. The number of nitriles is 1. The molecule has 10 rings (SSSR count). The highest BCUT2D eigenvalue weighted by Crippen LogP contribution is 2.47. The van der Waals surface area contributed by atoms with Gasteiger partial charge in [-0.05, 0) is 47.2 Å².